The predicted molar refractivity (Wildman–Crippen MR) is 72.4 cm³/mol. The van der Waals surface area contributed by atoms with Gasteiger partial charge in [-0.3, -0.25) is 9.59 Å². The molecule has 1 atom stereocenters. The Labute approximate surface area is 117 Å². The van der Waals surface area contributed by atoms with Crippen molar-refractivity contribution < 1.29 is 9.59 Å². The van der Waals surface area contributed by atoms with Gasteiger partial charge in [-0.05, 0) is 18.4 Å². The molecule has 0 fully saturated rings. The van der Waals surface area contributed by atoms with Crippen LogP contribution in [0.1, 0.15) is 32.1 Å². The van der Waals surface area contributed by atoms with Crippen LogP contribution in [0.3, 0.4) is 0 Å². The number of nitrogens with zero attached hydrogens (tertiary/aromatic N) is 4. The van der Waals surface area contributed by atoms with Gasteiger partial charge in [0.15, 0.2) is 5.82 Å². The lowest BCUT2D eigenvalue weighted by Crippen LogP contribution is -2.39. The van der Waals surface area contributed by atoms with Gasteiger partial charge in [0.2, 0.25) is 11.8 Å². The number of H-pyrrole nitrogens is 1. The maximum atomic E-state index is 11.9. The van der Waals surface area contributed by atoms with E-state index < -0.39 is 0 Å². The van der Waals surface area contributed by atoms with Crippen LogP contribution in [0.5, 0.6) is 0 Å². The topological polar surface area (TPSA) is 104 Å². The number of hydrogen-bond acceptors (Lipinski definition) is 5. The van der Waals surface area contributed by atoms with Crippen molar-refractivity contribution in [2.45, 2.75) is 26.3 Å². The van der Waals surface area contributed by atoms with E-state index in [0.29, 0.717) is 18.2 Å². The van der Waals surface area contributed by atoms with Crippen LogP contribution in [-0.4, -0.2) is 50.9 Å². The Morgan fingerprint density at radius 1 is 1.50 bits per heavy atom. The van der Waals surface area contributed by atoms with Crippen molar-refractivity contribution in [1.82, 2.24) is 30.8 Å². The Morgan fingerprint density at radius 2 is 2.20 bits per heavy atom. The summed E-state index contributed by atoms with van der Waals surface area (Å²) in [5.74, 6) is 0.203. The van der Waals surface area contributed by atoms with Crippen LogP contribution >= 0.6 is 0 Å². The largest absolute Gasteiger partial charge is 0.344 e. The van der Waals surface area contributed by atoms with Crippen LogP contribution in [0.15, 0.2) is 12.7 Å². The van der Waals surface area contributed by atoms with Crippen molar-refractivity contribution in [3.63, 3.8) is 0 Å². The monoisotopic (exact) mass is 280 g/mol. The molecule has 0 radical (unpaired) electrons. The molecule has 1 rings (SSSR count). The highest BCUT2D eigenvalue weighted by Crippen LogP contribution is 2.16. The molecule has 20 heavy (non-hydrogen) atoms. The summed E-state index contributed by atoms with van der Waals surface area (Å²) in [5, 5.41) is 16.5. The van der Waals surface area contributed by atoms with Gasteiger partial charge in [-0.2, -0.15) is 5.21 Å². The molecule has 0 aliphatic carbocycles. The van der Waals surface area contributed by atoms with E-state index in [1.54, 1.807) is 0 Å². The third-order valence-corrected chi connectivity index (χ3v) is 2.65. The zero-order valence-electron chi connectivity index (χ0n) is 12.0. The average molecular weight is 280 g/mol. The van der Waals surface area contributed by atoms with Gasteiger partial charge in [-0.15, -0.1) is 10.2 Å². The quantitative estimate of drug-likeness (QED) is 0.687. The van der Waals surface area contributed by atoms with Gasteiger partial charge in [0, 0.05) is 7.05 Å². The first-order chi connectivity index (χ1) is 9.43. The van der Waals surface area contributed by atoms with Gasteiger partial charge >= 0.3 is 0 Å². The summed E-state index contributed by atoms with van der Waals surface area (Å²) < 4.78 is 0. The minimum absolute atomic E-state index is 0.0443. The SMILES string of the molecule is C=CC(=O)N(C)CC(=O)NC(CC(C)C)c1nn[nH]n1. The summed E-state index contributed by atoms with van der Waals surface area (Å²) in [6.45, 7) is 7.40. The van der Waals surface area contributed by atoms with Crippen molar-refractivity contribution >= 4 is 11.8 Å². The van der Waals surface area contributed by atoms with Crippen molar-refractivity contribution in [2.75, 3.05) is 13.6 Å². The van der Waals surface area contributed by atoms with Gasteiger partial charge in [0.1, 0.15) is 0 Å². The number of tetrazole rings is 1. The Morgan fingerprint density at radius 3 is 2.70 bits per heavy atom. The molecule has 0 saturated heterocycles. The third-order valence-electron chi connectivity index (χ3n) is 2.65. The summed E-state index contributed by atoms with van der Waals surface area (Å²) >= 11 is 0. The maximum Gasteiger partial charge on any atom is 0.246 e. The number of hydrogen-bond donors (Lipinski definition) is 2. The lowest BCUT2D eigenvalue weighted by Gasteiger charge is -2.20. The minimum atomic E-state index is -0.325. The van der Waals surface area contributed by atoms with Crippen LogP contribution in [0.4, 0.5) is 0 Å². The molecule has 1 unspecified atom stereocenters. The first kappa shape index (κ1) is 15.8. The number of carbonyl (C=O) groups excluding carboxylic acids is 2. The van der Waals surface area contributed by atoms with Gasteiger partial charge in [-0.25, -0.2) is 0 Å². The lowest BCUT2D eigenvalue weighted by molar-refractivity contribution is -0.131. The lowest BCUT2D eigenvalue weighted by atomic mass is 10.0. The van der Waals surface area contributed by atoms with E-state index in [2.05, 4.69) is 32.5 Å². The summed E-state index contributed by atoms with van der Waals surface area (Å²) in [5.41, 5.74) is 0. The molecule has 8 heteroatoms. The fourth-order valence-electron chi connectivity index (χ4n) is 1.71. The molecule has 0 bridgehead atoms. The van der Waals surface area contributed by atoms with Gasteiger partial charge in [0.05, 0.1) is 12.6 Å². The standard InChI is InChI=1S/C12H20N6O2/c1-5-11(20)18(4)7-10(19)13-9(6-8(2)3)12-14-16-17-15-12/h5,8-9H,1,6-7H2,2-4H3,(H,13,19)(H,14,15,16,17). The molecular formula is C12H20N6O2. The molecule has 1 heterocycles. The highest BCUT2D eigenvalue weighted by molar-refractivity contribution is 5.90. The molecule has 2 amide bonds. The number of nitrogens with one attached hydrogen (secondary N) is 2. The van der Waals surface area contributed by atoms with Gasteiger partial charge < -0.3 is 10.2 Å². The zero-order valence-corrected chi connectivity index (χ0v) is 12.0. The van der Waals surface area contributed by atoms with Crippen LogP contribution < -0.4 is 5.32 Å². The number of aromatic amines is 1. The van der Waals surface area contributed by atoms with Crippen molar-refractivity contribution in [3.8, 4) is 0 Å². The van der Waals surface area contributed by atoms with Crippen LogP contribution in [0.25, 0.3) is 0 Å². The smallest absolute Gasteiger partial charge is 0.246 e. The number of likely N-dealkylation sites (N-methyl/N-ethyl adjacent to an activating group) is 1. The second kappa shape index (κ2) is 7.37. The van der Waals surface area contributed by atoms with E-state index in [1.807, 2.05) is 13.8 Å². The van der Waals surface area contributed by atoms with E-state index in [0.717, 1.165) is 6.08 Å². The first-order valence-corrected chi connectivity index (χ1v) is 6.34. The first-order valence-electron chi connectivity index (χ1n) is 6.34. The van der Waals surface area contributed by atoms with Gasteiger partial charge in [0.25, 0.3) is 0 Å². The highest BCUT2D eigenvalue weighted by atomic mass is 16.2. The normalized spacial score (nSPS) is 12.0. The molecule has 2 N–H and O–H groups in total. The summed E-state index contributed by atoms with van der Waals surface area (Å²) in [7, 11) is 1.54. The Kier molecular flexibility index (Phi) is 5.82. The van der Waals surface area contributed by atoms with Crippen LogP contribution in [0.2, 0.25) is 0 Å². The van der Waals surface area contributed by atoms with E-state index >= 15 is 0 Å². The second-order valence-electron chi connectivity index (χ2n) is 4.92. The van der Waals surface area contributed by atoms with E-state index in [1.165, 1.54) is 11.9 Å². The molecule has 0 aromatic carbocycles. The predicted octanol–water partition coefficient (Wildman–Crippen LogP) is 0.0475. The van der Waals surface area contributed by atoms with Crippen LogP contribution in [-0.2, 0) is 9.59 Å². The fourth-order valence-corrected chi connectivity index (χ4v) is 1.71. The summed E-state index contributed by atoms with van der Waals surface area (Å²) in [4.78, 5) is 24.5. The van der Waals surface area contributed by atoms with E-state index in [9.17, 15) is 9.59 Å². The van der Waals surface area contributed by atoms with Crippen LogP contribution in [0, 0.1) is 5.92 Å². The zero-order chi connectivity index (χ0) is 15.1. The molecule has 1 aromatic rings. The number of amides is 2. The molecule has 0 aliphatic rings. The Bertz CT molecular complexity index is 457. The Balaban J connectivity index is 2.63. The Hall–Kier alpha value is -2.25. The highest BCUT2D eigenvalue weighted by Gasteiger charge is 2.21. The summed E-state index contributed by atoms with van der Waals surface area (Å²) in [6, 6.07) is -0.325. The third kappa shape index (κ3) is 4.79. The minimum Gasteiger partial charge on any atom is -0.344 e. The van der Waals surface area contributed by atoms with Crippen molar-refractivity contribution in [2.24, 2.45) is 5.92 Å². The average Bonchev–Trinajstić information content (AvgIpc) is 2.90. The molecular weight excluding hydrogens is 260 g/mol. The van der Waals surface area contributed by atoms with Crippen molar-refractivity contribution in [1.29, 1.82) is 0 Å². The second-order valence-corrected chi connectivity index (χ2v) is 4.92. The molecule has 0 spiro atoms. The molecule has 0 aliphatic heterocycles. The molecule has 8 nitrogen and oxygen atoms in total. The number of rotatable bonds is 7. The summed E-state index contributed by atoms with van der Waals surface area (Å²) in [6.07, 6.45) is 1.85. The molecule has 1 aromatic heterocycles. The molecule has 110 valence electrons. The number of carbonyl (C=O) groups is 2. The van der Waals surface area contributed by atoms with E-state index in [4.69, 9.17) is 0 Å². The van der Waals surface area contributed by atoms with E-state index in [-0.39, 0.29) is 24.4 Å². The molecule has 0 saturated carbocycles. The maximum absolute atomic E-state index is 11.9. The van der Waals surface area contributed by atoms with Gasteiger partial charge in [-0.1, -0.05) is 25.6 Å². The van der Waals surface area contributed by atoms with Crippen molar-refractivity contribution in [3.05, 3.63) is 18.5 Å². The fraction of sp³-hybridized carbons (Fsp3) is 0.583. The number of aromatic nitrogens is 4.